The van der Waals surface area contributed by atoms with Crippen LogP contribution in [0.5, 0.6) is 0 Å². The summed E-state index contributed by atoms with van der Waals surface area (Å²) >= 11 is 0. The number of ether oxygens (including phenoxy) is 1. The second kappa shape index (κ2) is 8.88. The number of hydrogen-bond donors (Lipinski definition) is 0. The number of imidazole rings is 1. The maximum absolute atomic E-state index is 12.9. The molecule has 150 valence electrons. The molecule has 2 fully saturated rings. The minimum Gasteiger partial charge on any atom is -0.379 e. The standard InChI is InChI=1S/C22H30N4O2/c1-18-4-2-3-5-20(18)16-25-9-8-23-21(25)17-26(22(27)19-6-7-19)11-10-24-12-14-28-15-13-24/h2-5,8-9,19H,6-7,10-17H2,1H3. The van der Waals surface area contributed by atoms with Gasteiger partial charge in [0.25, 0.3) is 0 Å². The predicted molar refractivity (Wildman–Crippen MR) is 108 cm³/mol. The molecule has 0 atom stereocenters. The lowest BCUT2D eigenvalue weighted by Gasteiger charge is -2.30. The molecule has 2 aromatic rings. The molecule has 2 heterocycles. The van der Waals surface area contributed by atoms with Crippen LogP contribution < -0.4 is 0 Å². The fourth-order valence-corrected chi connectivity index (χ4v) is 3.72. The van der Waals surface area contributed by atoms with Gasteiger partial charge in [0, 0.05) is 51.0 Å². The van der Waals surface area contributed by atoms with Gasteiger partial charge in [-0.1, -0.05) is 24.3 Å². The Balaban J connectivity index is 1.43. The van der Waals surface area contributed by atoms with Crippen molar-refractivity contribution >= 4 is 5.91 Å². The van der Waals surface area contributed by atoms with Crippen molar-refractivity contribution in [3.05, 3.63) is 53.6 Å². The van der Waals surface area contributed by atoms with Crippen LogP contribution in [0.3, 0.4) is 0 Å². The van der Waals surface area contributed by atoms with Crippen molar-refractivity contribution in [3.63, 3.8) is 0 Å². The topological polar surface area (TPSA) is 50.6 Å². The van der Waals surface area contributed by atoms with E-state index in [1.165, 1.54) is 11.1 Å². The van der Waals surface area contributed by atoms with Gasteiger partial charge in [0.1, 0.15) is 5.82 Å². The highest BCUT2D eigenvalue weighted by Gasteiger charge is 2.34. The first-order valence-corrected chi connectivity index (χ1v) is 10.3. The third-order valence-electron chi connectivity index (χ3n) is 5.76. The normalized spacial score (nSPS) is 17.6. The van der Waals surface area contributed by atoms with Gasteiger partial charge in [0.05, 0.1) is 19.8 Å². The zero-order valence-corrected chi connectivity index (χ0v) is 16.7. The highest BCUT2D eigenvalue weighted by molar-refractivity contribution is 5.81. The summed E-state index contributed by atoms with van der Waals surface area (Å²) in [5.41, 5.74) is 2.57. The summed E-state index contributed by atoms with van der Waals surface area (Å²) < 4.78 is 7.60. The minimum absolute atomic E-state index is 0.226. The lowest BCUT2D eigenvalue weighted by atomic mass is 10.1. The molecule has 1 saturated carbocycles. The van der Waals surface area contributed by atoms with Gasteiger partial charge in [-0.2, -0.15) is 0 Å². The first-order chi connectivity index (χ1) is 13.7. The summed E-state index contributed by atoms with van der Waals surface area (Å²) in [6.07, 6.45) is 5.92. The van der Waals surface area contributed by atoms with E-state index in [-0.39, 0.29) is 5.92 Å². The van der Waals surface area contributed by atoms with E-state index in [0.29, 0.717) is 12.5 Å². The van der Waals surface area contributed by atoms with Crippen LogP contribution in [-0.2, 0) is 22.6 Å². The average Bonchev–Trinajstić information content (AvgIpc) is 3.48. The molecule has 1 aromatic heterocycles. The number of nitrogens with zero attached hydrogens (tertiary/aromatic N) is 4. The van der Waals surface area contributed by atoms with Gasteiger partial charge in [-0.25, -0.2) is 4.98 Å². The van der Waals surface area contributed by atoms with Gasteiger partial charge in [0.2, 0.25) is 5.91 Å². The van der Waals surface area contributed by atoms with E-state index in [0.717, 1.165) is 64.6 Å². The molecule has 0 N–H and O–H groups in total. The van der Waals surface area contributed by atoms with E-state index < -0.39 is 0 Å². The average molecular weight is 383 g/mol. The van der Waals surface area contributed by atoms with Crippen molar-refractivity contribution in [2.24, 2.45) is 5.92 Å². The second-order valence-corrected chi connectivity index (χ2v) is 7.89. The van der Waals surface area contributed by atoms with E-state index >= 15 is 0 Å². The number of carbonyl (C=O) groups excluding carboxylic acids is 1. The molecule has 4 rings (SSSR count). The molecule has 2 aliphatic rings. The van der Waals surface area contributed by atoms with Crippen LogP contribution in [0.1, 0.15) is 29.8 Å². The van der Waals surface area contributed by atoms with Crippen LogP contribution in [0.4, 0.5) is 0 Å². The molecule has 1 amide bonds. The first kappa shape index (κ1) is 19.2. The third-order valence-corrected chi connectivity index (χ3v) is 5.76. The monoisotopic (exact) mass is 382 g/mol. The SMILES string of the molecule is Cc1ccccc1Cn1ccnc1CN(CCN1CCOCC1)C(=O)C1CC1. The van der Waals surface area contributed by atoms with Crippen LogP contribution >= 0.6 is 0 Å². The smallest absolute Gasteiger partial charge is 0.226 e. The summed E-state index contributed by atoms with van der Waals surface area (Å²) in [4.78, 5) is 21.9. The number of carbonyl (C=O) groups is 1. The number of rotatable bonds is 8. The Morgan fingerprint density at radius 1 is 1.25 bits per heavy atom. The van der Waals surface area contributed by atoms with Crippen LogP contribution in [0.25, 0.3) is 0 Å². The summed E-state index contributed by atoms with van der Waals surface area (Å²) in [7, 11) is 0. The van der Waals surface area contributed by atoms with E-state index in [1.807, 2.05) is 17.3 Å². The molecular weight excluding hydrogens is 352 g/mol. The maximum Gasteiger partial charge on any atom is 0.226 e. The Bertz CT molecular complexity index is 793. The molecule has 0 bridgehead atoms. The van der Waals surface area contributed by atoms with Gasteiger partial charge in [0.15, 0.2) is 0 Å². The summed E-state index contributed by atoms with van der Waals surface area (Å²) in [5, 5.41) is 0. The number of benzene rings is 1. The number of amides is 1. The molecule has 1 aromatic carbocycles. The minimum atomic E-state index is 0.226. The molecule has 1 aliphatic carbocycles. The first-order valence-electron chi connectivity index (χ1n) is 10.3. The molecule has 6 nitrogen and oxygen atoms in total. The third kappa shape index (κ3) is 4.80. The van der Waals surface area contributed by atoms with Crippen molar-refractivity contribution in [1.29, 1.82) is 0 Å². The number of hydrogen-bond acceptors (Lipinski definition) is 4. The van der Waals surface area contributed by atoms with Crippen molar-refractivity contribution < 1.29 is 9.53 Å². The van der Waals surface area contributed by atoms with Crippen molar-refractivity contribution in [1.82, 2.24) is 19.4 Å². The van der Waals surface area contributed by atoms with Crippen LogP contribution in [-0.4, -0.2) is 64.7 Å². The zero-order valence-electron chi connectivity index (χ0n) is 16.7. The second-order valence-electron chi connectivity index (χ2n) is 7.89. The maximum atomic E-state index is 12.9. The van der Waals surface area contributed by atoms with E-state index in [1.54, 1.807) is 0 Å². The van der Waals surface area contributed by atoms with Crippen LogP contribution in [0.2, 0.25) is 0 Å². The molecule has 1 saturated heterocycles. The highest BCUT2D eigenvalue weighted by atomic mass is 16.5. The van der Waals surface area contributed by atoms with Crippen molar-refractivity contribution in [2.45, 2.75) is 32.9 Å². The number of aromatic nitrogens is 2. The van der Waals surface area contributed by atoms with E-state index in [9.17, 15) is 4.79 Å². The molecule has 0 unspecified atom stereocenters. The summed E-state index contributed by atoms with van der Waals surface area (Å²) in [6, 6.07) is 8.43. The molecule has 1 aliphatic heterocycles. The molecule has 0 spiro atoms. The van der Waals surface area contributed by atoms with Gasteiger partial charge in [-0.3, -0.25) is 9.69 Å². The molecular formula is C22H30N4O2. The Morgan fingerprint density at radius 2 is 2.04 bits per heavy atom. The van der Waals surface area contributed by atoms with Crippen LogP contribution in [0, 0.1) is 12.8 Å². The summed E-state index contributed by atoms with van der Waals surface area (Å²) in [5.74, 6) is 1.47. The molecule has 0 radical (unpaired) electrons. The van der Waals surface area contributed by atoms with Crippen molar-refractivity contribution in [2.75, 3.05) is 39.4 Å². The number of morpholine rings is 1. The van der Waals surface area contributed by atoms with Gasteiger partial charge in [-0.05, 0) is 30.9 Å². The largest absolute Gasteiger partial charge is 0.379 e. The van der Waals surface area contributed by atoms with Gasteiger partial charge >= 0.3 is 0 Å². The predicted octanol–water partition coefficient (Wildman–Crippen LogP) is 2.31. The fourth-order valence-electron chi connectivity index (χ4n) is 3.72. The lowest BCUT2D eigenvalue weighted by molar-refractivity contribution is -0.133. The summed E-state index contributed by atoms with van der Waals surface area (Å²) in [6.45, 7) is 8.65. The zero-order chi connectivity index (χ0) is 19.3. The van der Waals surface area contributed by atoms with Crippen LogP contribution in [0.15, 0.2) is 36.7 Å². The fraction of sp³-hybridized carbons (Fsp3) is 0.545. The van der Waals surface area contributed by atoms with E-state index in [2.05, 4.69) is 45.6 Å². The van der Waals surface area contributed by atoms with E-state index in [4.69, 9.17) is 4.74 Å². The van der Waals surface area contributed by atoms with Crippen molar-refractivity contribution in [3.8, 4) is 0 Å². The van der Waals surface area contributed by atoms with Gasteiger partial charge in [-0.15, -0.1) is 0 Å². The molecule has 28 heavy (non-hydrogen) atoms. The number of aryl methyl sites for hydroxylation is 1. The highest BCUT2D eigenvalue weighted by Crippen LogP contribution is 2.31. The molecule has 6 heteroatoms. The Morgan fingerprint density at radius 3 is 2.79 bits per heavy atom. The Hall–Kier alpha value is -2.18. The lowest BCUT2D eigenvalue weighted by Crippen LogP contribution is -2.43. The quantitative estimate of drug-likeness (QED) is 0.703. The van der Waals surface area contributed by atoms with Gasteiger partial charge < -0.3 is 14.2 Å². The Kier molecular flexibility index (Phi) is 6.07. The Labute approximate surface area is 167 Å².